The van der Waals surface area contributed by atoms with Gasteiger partial charge in [0.25, 0.3) is 0 Å². The van der Waals surface area contributed by atoms with Crippen molar-refractivity contribution < 1.29 is 23.8 Å². The lowest BCUT2D eigenvalue weighted by Crippen LogP contribution is -2.41. The van der Waals surface area contributed by atoms with E-state index in [1.807, 2.05) is 20.8 Å². The third-order valence-electron chi connectivity index (χ3n) is 4.32. The summed E-state index contributed by atoms with van der Waals surface area (Å²) in [5.41, 5.74) is 0.365. The normalized spacial score (nSPS) is 15.6. The second-order valence-corrected chi connectivity index (χ2v) is 7.57. The molecule has 3 rings (SSSR count). The van der Waals surface area contributed by atoms with Gasteiger partial charge in [0.2, 0.25) is 11.8 Å². The van der Waals surface area contributed by atoms with E-state index in [0.29, 0.717) is 30.4 Å². The zero-order valence-corrected chi connectivity index (χ0v) is 15.6. The van der Waals surface area contributed by atoms with Crippen LogP contribution in [0.4, 0.5) is 4.79 Å². The summed E-state index contributed by atoms with van der Waals surface area (Å²) in [6.07, 6.45) is 1.14. The van der Waals surface area contributed by atoms with E-state index < -0.39 is 11.6 Å². The van der Waals surface area contributed by atoms with E-state index in [0.717, 1.165) is 12.8 Å². The summed E-state index contributed by atoms with van der Waals surface area (Å²) < 4.78 is 11.2. The molecular weight excluding hydrogens is 350 g/mol. The van der Waals surface area contributed by atoms with Gasteiger partial charge in [-0.3, -0.25) is 0 Å². The van der Waals surface area contributed by atoms with Gasteiger partial charge in [-0.1, -0.05) is 0 Å². The Kier molecular flexibility index (Phi) is 5.16. The van der Waals surface area contributed by atoms with Crippen molar-refractivity contribution in [1.82, 2.24) is 15.1 Å². The fourth-order valence-corrected chi connectivity index (χ4v) is 2.91. The Morgan fingerprint density at radius 1 is 1.15 bits per heavy atom. The number of carbonyl (C=O) groups is 2. The molecule has 8 nitrogen and oxygen atoms in total. The number of hydrogen-bond acceptors (Lipinski definition) is 6. The summed E-state index contributed by atoms with van der Waals surface area (Å²) in [6, 6.07) is 6.29. The number of ether oxygens (including phenoxy) is 1. The van der Waals surface area contributed by atoms with Gasteiger partial charge >= 0.3 is 12.1 Å². The Bertz CT molecular complexity index is 815. The third-order valence-corrected chi connectivity index (χ3v) is 4.32. The van der Waals surface area contributed by atoms with Crippen molar-refractivity contribution in [3.05, 3.63) is 35.7 Å². The maximum absolute atomic E-state index is 12.1. The van der Waals surface area contributed by atoms with Crippen LogP contribution in [-0.4, -0.2) is 51.0 Å². The van der Waals surface area contributed by atoms with Crippen molar-refractivity contribution in [2.75, 3.05) is 13.1 Å². The summed E-state index contributed by atoms with van der Waals surface area (Å²) in [6.45, 7) is 6.69. The molecule has 0 aliphatic carbocycles. The number of aromatic carboxylic acids is 1. The van der Waals surface area contributed by atoms with E-state index in [1.54, 1.807) is 17.0 Å². The smallest absolute Gasteiger partial charge is 0.410 e. The molecule has 0 saturated carbocycles. The van der Waals surface area contributed by atoms with Crippen molar-refractivity contribution in [3.63, 3.8) is 0 Å². The molecule has 144 valence electrons. The first-order chi connectivity index (χ1) is 12.7. The molecule has 1 fully saturated rings. The predicted molar refractivity (Wildman–Crippen MR) is 96.5 cm³/mol. The van der Waals surface area contributed by atoms with Crippen molar-refractivity contribution >= 4 is 12.1 Å². The Labute approximate surface area is 157 Å². The van der Waals surface area contributed by atoms with E-state index in [4.69, 9.17) is 14.3 Å². The molecule has 1 aromatic heterocycles. The van der Waals surface area contributed by atoms with Gasteiger partial charge in [-0.25, -0.2) is 9.59 Å². The highest BCUT2D eigenvalue weighted by Gasteiger charge is 2.30. The molecule has 1 aliphatic heterocycles. The van der Waals surface area contributed by atoms with Crippen LogP contribution in [0.15, 0.2) is 28.7 Å². The Morgan fingerprint density at radius 2 is 1.78 bits per heavy atom. The van der Waals surface area contributed by atoms with Gasteiger partial charge in [0.05, 0.1) is 5.56 Å². The molecule has 8 heteroatoms. The van der Waals surface area contributed by atoms with Crippen LogP contribution in [0.1, 0.15) is 55.8 Å². The average Bonchev–Trinajstić information content (AvgIpc) is 3.10. The summed E-state index contributed by atoms with van der Waals surface area (Å²) in [4.78, 5) is 24.8. The molecule has 2 aromatic rings. The zero-order chi connectivity index (χ0) is 19.6. The monoisotopic (exact) mass is 373 g/mol. The van der Waals surface area contributed by atoms with Crippen LogP contribution in [0, 0.1) is 0 Å². The van der Waals surface area contributed by atoms with Gasteiger partial charge in [0.15, 0.2) is 0 Å². The third kappa shape index (κ3) is 4.64. The molecule has 27 heavy (non-hydrogen) atoms. The minimum Gasteiger partial charge on any atom is -0.478 e. The topological polar surface area (TPSA) is 106 Å². The number of carboxylic acids is 1. The summed E-state index contributed by atoms with van der Waals surface area (Å²) >= 11 is 0. The van der Waals surface area contributed by atoms with Gasteiger partial charge in [0, 0.05) is 24.6 Å². The molecule has 1 N–H and O–H groups in total. The zero-order valence-electron chi connectivity index (χ0n) is 15.6. The quantitative estimate of drug-likeness (QED) is 0.877. The van der Waals surface area contributed by atoms with E-state index in [9.17, 15) is 9.59 Å². The molecule has 0 spiro atoms. The minimum atomic E-state index is -0.982. The SMILES string of the molecule is CC(C)(C)OC(=O)N1CCC(c2nnc(-c3ccc(C(=O)O)cc3)o2)CC1. The number of aromatic nitrogens is 2. The van der Waals surface area contributed by atoms with Crippen LogP contribution in [0.2, 0.25) is 0 Å². The lowest BCUT2D eigenvalue weighted by atomic mass is 9.97. The number of piperidine rings is 1. The molecule has 2 heterocycles. The van der Waals surface area contributed by atoms with Crippen LogP contribution < -0.4 is 0 Å². The lowest BCUT2D eigenvalue weighted by Gasteiger charge is -2.32. The standard InChI is InChI=1S/C19H23N3O5/c1-19(2,3)27-18(25)22-10-8-13(9-11-22)16-21-20-15(26-16)12-4-6-14(7-5-12)17(23)24/h4-7,13H,8-11H2,1-3H3,(H,23,24). The number of nitrogens with zero attached hydrogens (tertiary/aromatic N) is 3. The highest BCUT2D eigenvalue weighted by molar-refractivity contribution is 5.88. The molecule has 1 saturated heterocycles. The molecule has 0 atom stereocenters. The number of carboxylic acid groups (broad SMARTS) is 1. The molecule has 1 aromatic carbocycles. The fraction of sp³-hybridized carbons (Fsp3) is 0.474. The van der Waals surface area contributed by atoms with E-state index in [-0.39, 0.29) is 17.6 Å². The number of rotatable bonds is 3. The van der Waals surface area contributed by atoms with Crippen molar-refractivity contribution in [1.29, 1.82) is 0 Å². The second-order valence-electron chi connectivity index (χ2n) is 7.57. The van der Waals surface area contributed by atoms with Crippen LogP contribution in [0.25, 0.3) is 11.5 Å². The maximum atomic E-state index is 12.1. The lowest BCUT2D eigenvalue weighted by molar-refractivity contribution is 0.0199. The largest absolute Gasteiger partial charge is 0.478 e. The second kappa shape index (κ2) is 7.38. The molecule has 0 unspecified atom stereocenters. The van der Waals surface area contributed by atoms with E-state index in [1.165, 1.54) is 12.1 Å². The van der Waals surface area contributed by atoms with Crippen molar-refractivity contribution in [3.8, 4) is 11.5 Å². The first kappa shape index (κ1) is 18.9. The molecule has 0 bridgehead atoms. The van der Waals surface area contributed by atoms with Gasteiger partial charge in [-0.15, -0.1) is 10.2 Å². The minimum absolute atomic E-state index is 0.0863. The number of hydrogen-bond donors (Lipinski definition) is 1. The van der Waals surface area contributed by atoms with E-state index in [2.05, 4.69) is 10.2 Å². The van der Waals surface area contributed by atoms with Gasteiger partial charge < -0.3 is 19.2 Å². The highest BCUT2D eigenvalue weighted by Crippen LogP contribution is 2.30. The Morgan fingerprint density at radius 3 is 2.33 bits per heavy atom. The van der Waals surface area contributed by atoms with E-state index >= 15 is 0 Å². The summed E-state index contributed by atoms with van der Waals surface area (Å²) in [7, 11) is 0. The van der Waals surface area contributed by atoms with Gasteiger partial charge in [-0.2, -0.15) is 0 Å². The highest BCUT2D eigenvalue weighted by atomic mass is 16.6. The number of likely N-dealkylation sites (tertiary alicyclic amines) is 1. The summed E-state index contributed by atoms with van der Waals surface area (Å²) in [5, 5.41) is 17.2. The van der Waals surface area contributed by atoms with Crippen molar-refractivity contribution in [2.24, 2.45) is 0 Å². The van der Waals surface area contributed by atoms with Crippen LogP contribution in [0.3, 0.4) is 0 Å². The summed E-state index contributed by atoms with van der Waals surface area (Å²) in [5.74, 6) is 0.000375. The van der Waals surface area contributed by atoms with Gasteiger partial charge in [0.1, 0.15) is 5.60 Å². The molecular formula is C19H23N3O5. The average molecular weight is 373 g/mol. The van der Waals surface area contributed by atoms with Crippen molar-refractivity contribution in [2.45, 2.75) is 45.1 Å². The van der Waals surface area contributed by atoms with Crippen LogP contribution in [0.5, 0.6) is 0 Å². The Balaban J connectivity index is 1.61. The molecule has 0 radical (unpaired) electrons. The number of benzene rings is 1. The fourth-order valence-electron chi connectivity index (χ4n) is 2.91. The first-order valence-corrected chi connectivity index (χ1v) is 8.88. The number of amides is 1. The first-order valence-electron chi connectivity index (χ1n) is 8.88. The molecule has 1 aliphatic rings. The van der Waals surface area contributed by atoms with Gasteiger partial charge in [-0.05, 0) is 57.9 Å². The predicted octanol–water partition coefficient (Wildman–Crippen LogP) is 3.55. The Hall–Kier alpha value is -2.90. The van der Waals surface area contributed by atoms with Crippen LogP contribution >= 0.6 is 0 Å². The van der Waals surface area contributed by atoms with Crippen LogP contribution in [-0.2, 0) is 4.74 Å². The molecule has 1 amide bonds. The maximum Gasteiger partial charge on any atom is 0.410 e. The number of carbonyl (C=O) groups excluding carboxylic acids is 1.